The molecule has 0 fully saturated rings. The molecule has 4 nitrogen and oxygen atoms in total. The fraction of sp³-hybridized carbons (Fsp3) is 0.333. The molecule has 4 heteroatoms. The summed E-state index contributed by atoms with van der Waals surface area (Å²) in [5.41, 5.74) is 6.83. The summed E-state index contributed by atoms with van der Waals surface area (Å²) in [7, 11) is 0. The van der Waals surface area contributed by atoms with Crippen molar-refractivity contribution in [1.82, 2.24) is 14.8 Å². The van der Waals surface area contributed by atoms with E-state index in [-0.39, 0.29) is 6.04 Å². The maximum absolute atomic E-state index is 5.74. The molecule has 0 aliphatic carbocycles. The van der Waals surface area contributed by atoms with E-state index < -0.39 is 0 Å². The van der Waals surface area contributed by atoms with Crippen LogP contribution in [0.25, 0.3) is 5.69 Å². The van der Waals surface area contributed by atoms with Gasteiger partial charge in [-0.15, -0.1) is 10.2 Å². The molecule has 1 aromatic heterocycles. The number of nitrogens with two attached hydrogens (primary N) is 1. The minimum atomic E-state index is 0.195. The molecule has 0 spiro atoms. The molecule has 1 unspecified atom stereocenters. The maximum Gasteiger partial charge on any atom is 0.137 e. The van der Waals surface area contributed by atoms with Crippen LogP contribution in [0, 0.1) is 0 Å². The van der Waals surface area contributed by atoms with Crippen LogP contribution in [0.4, 0.5) is 0 Å². The fourth-order valence-electron chi connectivity index (χ4n) is 1.59. The molecule has 16 heavy (non-hydrogen) atoms. The molecule has 0 aliphatic heterocycles. The second kappa shape index (κ2) is 4.90. The van der Waals surface area contributed by atoms with Gasteiger partial charge in [-0.3, -0.25) is 4.57 Å². The van der Waals surface area contributed by atoms with E-state index in [1.54, 1.807) is 6.33 Å². The summed E-state index contributed by atoms with van der Waals surface area (Å²) in [6.07, 6.45) is 3.52. The standard InChI is InChI=1S/C12H16N4/c1-10(13)7-8-12-15-14-9-16(12)11-5-3-2-4-6-11/h2-6,9-10H,7-8,13H2,1H3. The maximum atomic E-state index is 5.74. The van der Waals surface area contributed by atoms with Crippen molar-refractivity contribution >= 4 is 0 Å². The molecule has 0 saturated heterocycles. The number of nitrogens with zero attached hydrogens (tertiary/aromatic N) is 3. The van der Waals surface area contributed by atoms with Crippen LogP contribution in [-0.4, -0.2) is 20.8 Å². The minimum Gasteiger partial charge on any atom is -0.328 e. The van der Waals surface area contributed by atoms with Crippen molar-refractivity contribution in [3.63, 3.8) is 0 Å². The van der Waals surface area contributed by atoms with Gasteiger partial charge in [0.15, 0.2) is 0 Å². The molecule has 0 radical (unpaired) electrons. The van der Waals surface area contributed by atoms with Crippen LogP contribution in [0.15, 0.2) is 36.7 Å². The summed E-state index contributed by atoms with van der Waals surface area (Å²) in [5.74, 6) is 0.962. The summed E-state index contributed by atoms with van der Waals surface area (Å²) >= 11 is 0. The zero-order valence-electron chi connectivity index (χ0n) is 9.37. The molecular weight excluding hydrogens is 200 g/mol. The van der Waals surface area contributed by atoms with Gasteiger partial charge in [-0.25, -0.2) is 0 Å². The van der Waals surface area contributed by atoms with Gasteiger partial charge in [0.2, 0.25) is 0 Å². The second-order valence-corrected chi connectivity index (χ2v) is 3.97. The molecule has 2 N–H and O–H groups in total. The van der Waals surface area contributed by atoms with Gasteiger partial charge in [-0.05, 0) is 25.5 Å². The topological polar surface area (TPSA) is 56.7 Å². The highest BCUT2D eigenvalue weighted by atomic mass is 15.3. The normalized spacial score (nSPS) is 12.6. The van der Waals surface area contributed by atoms with Crippen LogP contribution in [0.3, 0.4) is 0 Å². The van der Waals surface area contributed by atoms with E-state index >= 15 is 0 Å². The summed E-state index contributed by atoms with van der Waals surface area (Å²) < 4.78 is 2.00. The van der Waals surface area contributed by atoms with Gasteiger partial charge in [-0.1, -0.05) is 18.2 Å². The summed E-state index contributed by atoms with van der Waals surface area (Å²) in [4.78, 5) is 0. The first-order chi connectivity index (χ1) is 7.77. The largest absolute Gasteiger partial charge is 0.328 e. The van der Waals surface area contributed by atoms with Crippen molar-refractivity contribution in [3.8, 4) is 5.69 Å². The Morgan fingerprint density at radius 3 is 2.75 bits per heavy atom. The number of para-hydroxylation sites is 1. The zero-order chi connectivity index (χ0) is 11.4. The highest BCUT2D eigenvalue weighted by molar-refractivity contribution is 5.31. The lowest BCUT2D eigenvalue weighted by molar-refractivity contribution is 0.641. The summed E-state index contributed by atoms with van der Waals surface area (Å²) in [6, 6.07) is 10.3. The van der Waals surface area contributed by atoms with Gasteiger partial charge in [-0.2, -0.15) is 0 Å². The Balaban J connectivity index is 2.19. The highest BCUT2D eigenvalue weighted by Gasteiger charge is 2.06. The van der Waals surface area contributed by atoms with Crippen LogP contribution >= 0.6 is 0 Å². The molecular formula is C12H16N4. The fourth-order valence-corrected chi connectivity index (χ4v) is 1.59. The summed E-state index contributed by atoms with van der Waals surface area (Å²) in [5, 5.41) is 8.07. The molecule has 0 bridgehead atoms. The van der Waals surface area contributed by atoms with Crippen molar-refractivity contribution in [3.05, 3.63) is 42.5 Å². The molecule has 1 aromatic carbocycles. The highest BCUT2D eigenvalue weighted by Crippen LogP contribution is 2.10. The first-order valence-corrected chi connectivity index (χ1v) is 5.47. The minimum absolute atomic E-state index is 0.195. The third-order valence-corrected chi connectivity index (χ3v) is 2.48. The van der Waals surface area contributed by atoms with Crippen LogP contribution in [-0.2, 0) is 6.42 Å². The number of benzene rings is 1. The Kier molecular flexibility index (Phi) is 3.31. The van der Waals surface area contributed by atoms with Crippen molar-refractivity contribution in [2.24, 2.45) is 5.73 Å². The monoisotopic (exact) mass is 216 g/mol. The lowest BCUT2D eigenvalue weighted by atomic mass is 10.2. The predicted octanol–water partition coefficient (Wildman–Crippen LogP) is 1.55. The molecule has 0 saturated carbocycles. The van der Waals surface area contributed by atoms with Crippen molar-refractivity contribution < 1.29 is 0 Å². The quantitative estimate of drug-likeness (QED) is 0.843. The Hall–Kier alpha value is -1.68. The summed E-state index contributed by atoms with van der Waals surface area (Å²) in [6.45, 7) is 2.00. The van der Waals surface area contributed by atoms with Gasteiger partial charge in [0.05, 0.1) is 0 Å². The average Bonchev–Trinajstić information content (AvgIpc) is 2.75. The number of aryl methyl sites for hydroxylation is 1. The van der Waals surface area contributed by atoms with E-state index in [0.29, 0.717) is 0 Å². The van der Waals surface area contributed by atoms with E-state index in [1.165, 1.54) is 0 Å². The van der Waals surface area contributed by atoms with Gasteiger partial charge in [0, 0.05) is 18.2 Å². The molecule has 84 valence electrons. The van der Waals surface area contributed by atoms with Crippen molar-refractivity contribution in [2.75, 3.05) is 0 Å². The lowest BCUT2D eigenvalue weighted by Crippen LogP contribution is -2.16. The van der Waals surface area contributed by atoms with E-state index in [9.17, 15) is 0 Å². The molecule has 1 heterocycles. The van der Waals surface area contributed by atoms with E-state index in [2.05, 4.69) is 10.2 Å². The van der Waals surface area contributed by atoms with Crippen LogP contribution < -0.4 is 5.73 Å². The molecule has 1 atom stereocenters. The van der Waals surface area contributed by atoms with Gasteiger partial charge in [0.25, 0.3) is 0 Å². The van der Waals surface area contributed by atoms with Crippen LogP contribution in [0.1, 0.15) is 19.2 Å². The zero-order valence-corrected chi connectivity index (χ0v) is 9.37. The molecule has 2 rings (SSSR count). The number of hydrogen-bond acceptors (Lipinski definition) is 3. The predicted molar refractivity (Wildman–Crippen MR) is 63.3 cm³/mol. The Morgan fingerprint density at radius 2 is 2.06 bits per heavy atom. The number of aromatic nitrogens is 3. The first kappa shape index (κ1) is 10.8. The van der Waals surface area contributed by atoms with Gasteiger partial charge < -0.3 is 5.73 Å². The van der Waals surface area contributed by atoms with Crippen molar-refractivity contribution in [1.29, 1.82) is 0 Å². The molecule has 0 amide bonds. The van der Waals surface area contributed by atoms with Gasteiger partial charge >= 0.3 is 0 Å². The third kappa shape index (κ3) is 2.46. The van der Waals surface area contributed by atoms with Crippen LogP contribution in [0.5, 0.6) is 0 Å². The average molecular weight is 216 g/mol. The number of hydrogen-bond donors (Lipinski definition) is 1. The molecule has 0 aliphatic rings. The second-order valence-electron chi connectivity index (χ2n) is 3.97. The smallest absolute Gasteiger partial charge is 0.137 e. The third-order valence-electron chi connectivity index (χ3n) is 2.48. The Labute approximate surface area is 95.1 Å². The van der Waals surface area contributed by atoms with E-state index in [0.717, 1.165) is 24.4 Å². The first-order valence-electron chi connectivity index (χ1n) is 5.47. The molecule has 2 aromatic rings. The van der Waals surface area contributed by atoms with E-state index in [4.69, 9.17) is 5.73 Å². The van der Waals surface area contributed by atoms with E-state index in [1.807, 2.05) is 41.8 Å². The number of rotatable bonds is 4. The lowest BCUT2D eigenvalue weighted by Gasteiger charge is -2.07. The SMILES string of the molecule is CC(N)CCc1nncn1-c1ccccc1. The Morgan fingerprint density at radius 1 is 1.31 bits per heavy atom. The van der Waals surface area contributed by atoms with Crippen molar-refractivity contribution in [2.45, 2.75) is 25.8 Å². The van der Waals surface area contributed by atoms with Crippen LogP contribution in [0.2, 0.25) is 0 Å². The van der Waals surface area contributed by atoms with Gasteiger partial charge in [0.1, 0.15) is 12.2 Å². The Bertz CT molecular complexity index is 433.